The van der Waals surface area contributed by atoms with Crippen LogP contribution < -0.4 is 9.64 Å². The molecule has 0 aliphatic carbocycles. The van der Waals surface area contributed by atoms with Crippen LogP contribution >= 0.6 is 0 Å². The number of carbonyl (C=O) groups is 1. The van der Waals surface area contributed by atoms with Crippen LogP contribution in [0.25, 0.3) is 0 Å². The average Bonchev–Trinajstić information content (AvgIpc) is 2.62. The lowest BCUT2D eigenvalue weighted by Crippen LogP contribution is -2.48. The van der Waals surface area contributed by atoms with Gasteiger partial charge in [-0.25, -0.2) is 0 Å². The van der Waals surface area contributed by atoms with Gasteiger partial charge in [0.1, 0.15) is 11.5 Å². The molecule has 5 heteroatoms. The summed E-state index contributed by atoms with van der Waals surface area (Å²) in [6.45, 7) is 2.66. The quantitative estimate of drug-likeness (QED) is 0.945. The predicted molar refractivity (Wildman–Crippen MR) is 89.2 cm³/mol. The smallest absolute Gasteiger partial charge is 0.254 e. The number of anilines is 1. The number of nitrogens with zero attached hydrogens (tertiary/aromatic N) is 2. The second kappa shape index (κ2) is 6.60. The lowest BCUT2D eigenvalue weighted by Gasteiger charge is -2.36. The Bertz CT molecular complexity index is 694. The van der Waals surface area contributed by atoms with Crippen LogP contribution in [0.1, 0.15) is 10.4 Å². The van der Waals surface area contributed by atoms with Gasteiger partial charge in [0.2, 0.25) is 0 Å². The van der Waals surface area contributed by atoms with Crippen molar-refractivity contribution in [3.05, 3.63) is 54.1 Å². The second-order valence-electron chi connectivity index (χ2n) is 5.50. The van der Waals surface area contributed by atoms with Crippen molar-refractivity contribution in [3.8, 4) is 11.5 Å². The summed E-state index contributed by atoms with van der Waals surface area (Å²) in [6, 6.07) is 14.5. The summed E-state index contributed by atoms with van der Waals surface area (Å²) in [5.41, 5.74) is 1.46. The molecule has 1 amide bonds. The molecular weight excluding hydrogens is 292 g/mol. The molecule has 0 atom stereocenters. The Balaban J connectivity index is 1.66. The molecule has 0 aromatic heterocycles. The van der Waals surface area contributed by atoms with Crippen molar-refractivity contribution in [1.82, 2.24) is 4.90 Å². The van der Waals surface area contributed by atoms with Crippen LogP contribution in [-0.4, -0.2) is 49.2 Å². The third-order valence-electron chi connectivity index (χ3n) is 4.11. The Kier molecular flexibility index (Phi) is 4.37. The largest absolute Gasteiger partial charge is 0.506 e. The van der Waals surface area contributed by atoms with Crippen LogP contribution in [0.2, 0.25) is 0 Å². The fourth-order valence-electron chi connectivity index (χ4n) is 2.82. The highest BCUT2D eigenvalue weighted by atomic mass is 16.5. The van der Waals surface area contributed by atoms with E-state index in [0.29, 0.717) is 37.5 Å². The van der Waals surface area contributed by atoms with Crippen LogP contribution in [0.15, 0.2) is 48.5 Å². The van der Waals surface area contributed by atoms with E-state index < -0.39 is 0 Å². The summed E-state index contributed by atoms with van der Waals surface area (Å²) in [5.74, 6) is 0.976. The van der Waals surface area contributed by atoms with E-state index in [0.717, 1.165) is 5.69 Å². The highest BCUT2D eigenvalue weighted by Gasteiger charge is 2.23. The number of amides is 1. The minimum atomic E-state index is 0.0147. The molecule has 0 spiro atoms. The first-order valence-electron chi connectivity index (χ1n) is 7.65. The van der Waals surface area contributed by atoms with Gasteiger partial charge in [-0.05, 0) is 30.3 Å². The van der Waals surface area contributed by atoms with Gasteiger partial charge < -0.3 is 19.6 Å². The fourth-order valence-corrected chi connectivity index (χ4v) is 2.82. The fraction of sp³-hybridized carbons (Fsp3) is 0.278. The number of hydrogen-bond donors (Lipinski definition) is 1. The molecule has 1 N–H and O–H groups in total. The Labute approximate surface area is 135 Å². The number of rotatable bonds is 3. The number of carbonyl (C=O) groups excluding carboxylic acids is 1. The third kappa shape index (κ3) is 3.23. The summed E-state index contributed by atoms with van der Waals surface area (Å²) < 4.78 is 5.17. The van der Waals surface area contributed by atoms with Crippen molar-refractivity contribution in [2.45, 2.75) is 0 Å². The van der Waals surface area contributed by atoms with Crippen LogP contribution in [0, 0.1) is 0 Å². The Morgan fingerprint density at radius 2 is 1.78 bits per heavy atom. The average molecular weight is 312 g/mol. The molecule has 1 aliphatic heterocycles. The summed E-state index contributed by atoms with van der Waals surface area (Å²) in [5, 5.41) is 9.94. The van der Waals surface area contributed by atoms with Gasteiger partial charge in [0.05, 0.1) is 12.8 Å². The number of piperazine rings is 1. The first-order chi connectivity index (χ1) is 11.2. The standard InChI is InChI=1S/C18H20N2O3/c1-23-15-6-4-5-14(13-15)18(22)20-11-9-19(10-12-20)16-7-2-3-8-17(16)21/h2-8,13,21H,9-12H2,1H3. The van der Waals surface area contributed by atoms with Gasteiger partial charge in [-0.3, -0.25) is 4.79 Å². The molecule has 3 rings (SSSR count). The molecule has 1 saturated heterocycles. The Morgan fingerprint density at radius 3 is 2.48 bits per heavy atom. The zero-order chi connectivity index (χ0) is 16.2. The van der Waals surface area contributed by atoms with Crippen molar-refractivity contribution < 1.29 is 14.6 Å². The van der Waals surface area contributed by atoms with E-state index in [1.54, 1.807) is 31.4 Å². The van der Waals surface area contributed by atoms with E-state index in [1.807, 2.05) is 29.2 Å². The van der Waals surface area contributed by atoms with Gasteiger partial charge in [0.15, 0.2) is 0 Å². The van der Waals surface area contributed by atoms with Crippen molar-refractivity contribution in [2.24, 2.45) is 0 Å². The summed E-state index contributed by atoms with van der Waals surface area (Å²) in [7, 11) is 1.59. The highest BCUT2D eigenvalue weighted by Crippen LogP contribution is 2.27. The highest BCUT2D eigenvalue weighted by molar-refractivity contribution is 5.94. The summed E-state index contributed by atoms with van der Waals surface area (Å²) in [6.07, 6.45) is 0. The number of ether oxygens (including phenoxy) is 1. The van der Waals surface area contributed by atoms with E-state index in [2.05, 4.69) is 4.90 Å². The normalized spacial score (nSPS) is 14.7. The Hall–Kier alpha value is -2.69. The minimum absolute atomic E-state index is 0.0147. The van der Waals surface area contributed by atoms with E-state index in [4.69, 9.17) is 4.74 Å². The van der Waals surface area contributed by atoms with Crippen LogP contribution in [-0.2, 0) is 0 Å². The first kappa shape index (κ1) is 15.2. The molecule has 5 nitrogen and oxygen atoms in total. The van der Waals surface area contributed by atoms with Crippen LogP contribution in [0.5, 0.6) is 11.5 Å². The molecule has 120 valence electrons. The third-order valence-corrected chi connectivity index (χ3v) is 4.11. The summed E-state index contributed by atoms with van der Waals surface area (Å²) in [4.78, 5) is 16.5. The maximum absolute atomic E-state index is 12.6. The van der Waals surface area contributed by atoms with Crippen LogP contribution in [0.4, 0.5) is 5.69 Å². The molecule has 0 bridgehead atoms. The molecule has 0 radical (unpaired) electrons. The van der Waals surface area contributed by atoms with E-state index >= 15 is 0 Å². The van der Waals surface area contributed by atoms with E-state index in [9.17, 15) is 9.90 Å². The van der Waals surface area contributed by atoms with E-state index in [1.165, 1.54) is 0 Å². The molecule has 1 fully saturated rings. The molecule has 0 unspecified atom stereocenters. The number of methoxy groups -OCH3 is 1. The van der Waals surface area contributed by atoms with Crippen LogP contribution in [0.3, 0.4) is 0 Å². The van der Waals surface area contributed by atoms with Crippen molar-refractivity contribution in [1.29, 1.82) is 0 Å². The molecular formula is C18H20N2O3. The summed E-state index contributed by atoms with van der Waals surface area (Å²) >= 11 is 0. The number of phenolic OH excluding ortho intramolecular Hbond substituents is 1. The maximum atomic E-state index is 12.6. The number of benzene rings is 2. The zero-order valence-corrected chi connectivity index (χ0v) is 13.1. The van der Waals surface area contributed by atoms with Gasteiger partial charge in [-0.2, -0.15) is 0 Å². The maximum Gasteiger partial charge on any atom is 0.254 e. The second-order valence-corrected chi connectivity index (χ2v) is 5.50. The van der Waals surface area contributed by atoms with Gasteiger partial charge in [0.25, 0.3) is 5.91 Å². The van der Waals surface area contributed by atoms with Gasteiger partial charge in [-0.15, -0.1) is 0 Å². The lowest BCUT2D eigenvalue weighted by atomic mass is 10.1. The molecule has 23 heavy (non-hydrogen) atoms. The van der Waals surface area contributed by atoms with Gasteiger partial charge in [0, 0.05) is 31.7 Å². The monoisotopic (exact) mass is 312 g/mol. The van der Waals surface area contributed by atoms with Crippen molar-refractivity contribution in [3.63, 3.8) is 0 Å². The van der Waals surface area contributed by atoms with Crippen molar-refractivity contribution >= 4 is 11.6 Å². The lowest BCUT2D eigenvalue weighted by molar-refractivity contribution is 0.0746. The molecule has 0 saturated carbocycles. The predicted octanol–water partition coefficient (Wildman–Crippen LogP) is 2.36. The zero-order valence-electron chi connectivity index (χ0n) is 13.1. The molecule has 1 aliphatic rings. The topological polar surface area (TPSA) is 53.0 Å². The van der Waals surface area contributed by atoms with Gasteiger partial charge in [-0.1, -0.05) is 18.2 Å². The number of phenols is 1. The Morgan fingerprint density at radius 1 is 1.04 bits per heavy atom. The molecule has 2 aromatic rings. The first-order valence-corrected chi connectivity index (χ1v) is 7.65. The molecule has 1 heterocycles. The molecule has 2 aromatic carbocycles. The number of para-hydroxylation sites is 2. The minimum Gasteiger partial charge on any atom is -0.506 e. The van der Waals surface area contributed by atoms with Gasteiger partial charge >= 0.3 is 0 Å². The number of aromatic hydroxyl groups is 1. The van der Waals surface area contributed by atoms with Crippen molar-refractivity contribution in [2.75, 3.05) is 38.2 Å². The number of hydrogen-bond acceptors (Lipinski definition) is 4. The van der Waals surface area contributed by atoms with E-state index in [-0.39, 0.29) is 11.7 Å². The SMILES string of the molecule is COc1cccc(C(=O)N2CCN(c3ccccc3O)CC2)c1.